The quantitative estimate of drug-likeness (QED) is 0.789. The monoisotopic (exact) mass is 291 g/mol. The molecule has 0 spiro atoms. The fourth-order valence-electron chi connectivity index (χ4n) is 1.90. The number of nitrogens with zero attached hydrogens (tertiary/aromatic N) is 3. The van der Waals surface area contributed by atoms with Gasteiger partial charge in [-0.1, -0.05) is 30.7 Å². The third-order valence-corrected chi connectivity index (χ3v) is 3.27. The van der Waals surface area contributed by atoms with E-state index in [1.807, 2.05) is 11.9 Å². The van der Waals surface area contributed by atoms with E-state index in [1.54, 1.807) is 13.2 Å². The summed E-state index contributed by atoms with van der Waals surface area (Å²) in [7, 11) is 3.56. The lowest BCUT2D eigenvalue weighted by molar-refractivity contribution is 0.178. The van der Waals surface area contributed by atoms with Gasteiger partial charge in [0, 0.05) is 25.9 Å². The van der Waals surface area contributed by atoms with Gasteiger partial charge in [-0.2, -0.15) is 0 Å². The molecule has 1 aromatic heterocycles. The van der Waals surface area contributed by atoms with Gasteiger partial charge < -0.3 is 9.64 Å². The van der Waals surface area contributed by atoms with Crippen molar-refractivity contribution in [3.05, 3.63) is 46.9 Å². The van der Waals surface area contributed by atoms with Crippen LogP contribution in [0.25, 0.3) is 0 Å². The number of hydrogen-bond acceptors (Lipinski definition) is 4. The minimum Gasteiger partial charge on any atom is -0.377 e. The molecule has 0 aliphatic heterocycles. The Labute approximate surface area is 124 Å². The zero-order valence-corrected chi connectivity index (χ0v) is 12.7. The smallest absolute Gasteiger partial charge is 0.158 e. The molecule has 1 aromatic carbocycles. The SMILES string of the molecule is CCc1ccc(N(C)c2cc(Cl)nc(COC)n2)cc1. The van der Waals surface area contributed by atoms with Gasteiger partial charge in [0.1, 0.15) is 17.6 Å². The molecule has 0 saturated carbocycles. The summed E-state index contributed by atoms with van der Waals surface area (Å²) in [4.78, 5) is 10.6. The van der Waals surface area contributed by atoms with Crippen LogP contribution in [0.15, 0.2) is 30.3 Å². The first-order valence-corrected chi connectivity index (χ1v) is 6.87. The van der Waals surface area contributed by atoms with Crippen molar-refractivity contribution >= 4 is 23.1 Å². The maximum absolute atomic E-state index is 6.03. The maximum atomic E-state index is 6.03. The van der Waals surface area contributed by atoms with Crippen LogP contribution >= 0.6 is 11.6 Å². The van der Waals surface area contributed by atoms with Gasteiger partial charge in [0.15, 0.2) is 5.82 Å². The minimum absolute atomic E-state index is 0.343. The average Bonchev–Trinajstić information content (AvgIpc) is 2.46. The van der Waals surface area contributed by atoms with Gasteiger partial charge in [-0.3, -0.25) is 0 Å². The third-order valence-electron chi connectivity index (χ3n) is 3.08. The van der Waals surface area contributed by atoms with Crippen LogP contribution in [-0.4, -0.2) is 24.1 Å². The largest absolute Gasteiger partial charge is 0.377 e. The number of aryl methyl sites for hydroxylation is 1. The number of methoxy groups -OCH3 is 1. The molecule has 106 valence electrons. The summed E-state index contributed by atoms with van der Waals surface area (Å²) in [5.74, 6) is 1.33. The molecule has 0 unspecified atom stereocenters. The fraction of sp³-hybridized carbons (Fsp3) is 0.333. The molecule has 1 heterocycles. The number of hydrogen-bond donors (Lipinski definition) is 0. The van der Waals surface area contributed by atoms with Gasteiger partial charge in [-0.15, -0.1) is 0 Å². The molecule has 0 fully saturated rings. The Kier molecular flexibility index (Phi) is 4.93. The standard InChI is InChI=1S/C15H18ClN3O/c1-4-11-5-7-12(8-6-11)19(2)15-9-13(16)17-14(18-15)10-20-3/h5-9H,4,10H2,1-3H3. The second-order valence-corrected chi connectivity index (χ2v) is 4.86. The van der Waals surface area contributed by atoms with Gasteiger partial charge in [-0.25, -0.2) is 9.97 Å². The second kappa shape index (κ2) is 6.68. The molecule has 0 saturated heterocycles. The van der Waals surface area contributed by atoms with Gasteiger partial charge in [-0.05, 0) is 24.1 Å². The van der Waals surface area contributed by atoms with Crippen molar-refractivity contribution in [2.45, 2.75) is 20.0 Å². The fourth-order valence-corrected chi connectivity index (χ4v) is 2.10. The molecule has 0 N–H and O–H groups in total. The van der Waals surface area contributed by atoms with Crippen molar-refractivity contribution in [3.63, 3.8) is 0 Å². The van der Waals surface area contributed by atoms with E-state index in [1.165, 1.54) is 5.56 Å². The highest BCUT2D eigenvalue weighted by molar-refractivity contribution is 6.29. The van der Waals surface area contributed by atoms with Gasteiger partial charge in [0.2, 0.25) is 0 Å². The van der Waals surface area contributed by atoms with Crippen molar-refractivity contribution < 1.29 is 4.74 Å². The Morgan fingerprint density at radius 1 is 1.20 bits per heavy atom. The summed E-state index contributed by atoms with van der Waals surface area (Å²) in [6, 6.07) is 10.1. The van der Waals surface area contributed by atoms with Crippen LogP contribution in [0.5, 0.6) is 0 Å². The Hall–Kier alpha value is -1.65. The van der Waals surface area contributed by atoms with Crippen molar-refractivity contribution in [2.75, 3.05) is 19.1 Å². The van der Waals surface area contributed by atoms with Gasteiger partial charge in [0.25, 0.3) is 0 Å². The van der Waals surface area contributed by atoms with E-state index < -0.39 is 0 Å². The van der Waals surface area contributed by atoms with Gasteiger partial charge in [0.05, 0.1) is 0 Å². The van der Waals surface area contributed by atoms with Crippen LogP contribution in [-0.2, 0) is 17.8 Å². The lowest BCUT2D eigenvalue weighted by atomic mass is 10.1. The number of aromatic nitrogens is 2. The first kappa shape index (κ1) is 14.8. The van der Waals surface area contributed by atoms with E-state index in [2.05, 4.69) is 41.2 Å². The maximum Gasteiger partial charge on any atom is 0.158 e. The topological polar surface area (TPSA) is 38.2 Å². The van der Waals surface area contributed by atoms with Crippen molar-refractivity contribution in [1.29, 1.82) is 0 Å². The zero-order valence-electron chi connectivity index (χ0n) is 11.9. The van der Waals surface area contributed by atoms with E-state index in [0.29, 0.717) is 17.6 Å². The number of anilines is 2. The molecule has 2 aromatic rings. The molecule has 20 heavy (non-hydrogen) atoms. The van der Waals surface area contributed by atoms with Crippen LogP contribution < -0.4 is 4.90 Å². The van der Waals surface area contributed by atoms with E-state index >= 15 is 0 Å². The highest BCUT2D eigenvalue weighted by Gasteiger charge is 2.09. The summed E-state index contributed by atoms with van der Waals surface area (Å²) in [5, 5.41) is 0.416. The Morgan fingerprint density at radius 2 is 1.90 bits per heavy atom. The Bertz CT molecular complexity index is 572. The molecule has 0 bridgehead atoms. The summed E-state index contributed by atoms with van der Waals surface area (Å²) in [6.45, 7) is 2.48. The molecule has 0 aliphatic rings. The number of ether oxygens (including phenoxy) is 1. The predicted octanol–water partition coefficient (Wildman–Crippen LogP) is 3.61. The first-order valence-electron chi connectivity index (χ1n) is 6.49. The Morgan fingerprint density at radius 3 is 2.50 bits per heavy atom. The minimum atomic E-state index is 0.343. The number of halogens is 1. The summed E-state index contributed by atoms with van der Waals surface area (Å²) >= 11 is 6.03. The molecular formula is C15H18ClN3O. The highest BCUT2D eigenvalue weighted by atomic mass is 35.5. The molecule has 0 aliphatic carbocycles. The number of benzene rings is 1. The van der Waals surface area contributed by atoms with Crippen molar-refractivity contribution in [1.82, 2.24) is 9.97 Å². The lowest BCUT2D eigenvalue weighted by Gasteiger charge is -2.19. The molecule has 0 atom stereocenters. The van der Waals surface area contributed by atoms with E-state index in [-0.39, 0.29) is 0 Å². The van der Waals surface area contributed by atoms with Crippen LogP contribution in [0.3, 0.4) is 0 Å². The highest BCUT2D eigenvalue weighted by Crippen LogP contribution is 2.24. The number of rotatable bonds is 5. The van der Waals surface area contributed by atoms with Crippen LogP contribution in [0.4, 0.5) is 11.5 Å². The molecule has 5 heteroatoms. The molecule has 4 nitrogen and oxygen atoms in total. The zero-order chi connectivity index (χ0) is 14.5. The predicted molar refractivity (Wildman–Crippen MR) is 81.6 cm³/mol. The molecule has 2 rings (SSSR count). The molecule has 0 amide bonds. The van der Waals surface area contributed by atoms with Crippen molar-refractivity contribution in [2.24, 2.45) is 0 Å². The summed E-state index contributed by atoms with van der Waals surface area (Å²) < 4.78 is 5.05. The lowest BCUT2D eigenvalue weighted by Crippen LogP contribution is -2.13. The summed E-state index contributed by atoms with van der Waals surface area (Å²) in [5.41, 5.74) is 2.36. The summed E-state index contributed by atoms with van der Waals surface area (Å²) in [6.07, 6.45) is 1.03. The first-order chi connectivity index (χ1) is 9.63. The van der Waals surface area contributed by atoms with Gasteiger partial charge >= 0.3 is 0 Å². The Balaban J connectivity index is 2.29. The average molecular weight is 292 g/mol. The second-order valence-electron chi connectivity index (χ2n) is 4.48. The van der Waals surface area contributed by atoms with E-state index in [0.717, 1.165) is 17.9 Å². The van der Waals surface area contributed by atoms with Crippen LogP contribution in [0.1, 0.15) is 18.3 Å². The van der Waals surface area contributed by atoms with Crippen molar-refractivity contribution in [3.8, 4) is 0 Å². The third kappa shape index (κ3) is 3.46. The van der Waals surface area contributed by atoms with E-state index in [4.69, 9.17) is 16.3 Å². The van der Waals surface area contributed by atoms with Crippen LogP contribution in [0.2, 0.25) is 5.15 Å². The van der Waals surface area contributed by atoms with Crippen LogP contribution in [0, 0.1) is 0 Å². The van der Waals surface area contributed by atoms with E-state index in [9.17, 15) is 0 Å². The normalized spacial score (nSPS) is 10.6. The molecule has 0 radical (unpaired) electrons. The molecular weight excluding hydrogens is 274 g/mol.